The summed E-state index contributed by atoms with van der Waals surface area (Å²) in [6, 6.07) is 0. The highest BCUT2D eigenvalue weighted by Crippen LogP contribution is 1.90. The fourth-order valence-corrected chi connectivity index (χ4v) is 0.855. The van der Waals surface area contributed by atoms with Gasteiger partial charge in [0.05, 0.1) is 18.1 Å². The van der Waals surface area contributed by atoms with E-state index in [9.17, 15) is 8.42 Å². The molecule has 13 heavy (non-hydrogen) atoms. The Morgan fingerprint density at radius 2 is 2.31 bits per heavy atom. The Balaban J connectivity index is 2.30. The van der Waals surface area contributed by atoms with Crippen LogP contribution < -0.4 is 4.84 Å². The zero-order chi connectivity index (χ0) is 9.73. The van der Waals surface area contributed by atoms with Crippen LogP contribution in [0.2, 0.25) is 0 Å². The third-order valence-corrected chi connectivity index (χ3v) is 2.33. The first kappa shape index (κ1) is 9.93. The second-order valence-corrected chi connectivity index (χ2v) is 3.95. The highest BCUT2D eigenvalue weighted by molar-refractivity contribution is 7.86. The molecule has 0 amide bonds. The third-order valence-electron chi connectivity index (χ3n) is 1.17. The van der Waals surface area contributed by atoms with Crippen LogP contribution in [-0.4, -0.2) is 36.1 Å². The van der Waals surface area contributed by atoms with E-state index >= 15 is 0 Å². The van der Waals surface area contributed by atoms with Crippen molar-refractivity contribution in [3.63, 3.8) is 0 Å². The summed E-state index contributed by atoms with van der Waals surface area (Å²) in [6.07, 6.45) is 2.82. The molecule has 0 bridgehead atoms. The molecular weight excluding hydrogens is 198 g/mol. The zero-order valence-electron chi connectivity index (χ0n) is 6.95. The number of aromatic nitrogens is 3. The minimum absolute atomic E-state index is 0.0896. The lowest BCUT2D eigenvalue weighted by atomic mass is 11.0. The van der Waals surface area contributed by atoms with Gasteiger partial charge in [0.1, 0.15) is 0 Å². The Morgan fingerprint density at radius 3 is 2.85 bits per heavy atom. The highest BCUT2D eigenvalue weighted by Gasteiger charge is 2.06. The second-order valence-electron chi connectivity index (χ2n) is 2.02. The number of nitrogens with zero attached hydrogens (tertiary/aromatic N) is 3. The Morgan fingerprint density at radius 1 is 1.54 bits per heavy atom. The van der Waals surface area contributed by atoms with Crippen LogP contribution in [0.25, 0.3) is 0 Å². The van der Waals surface area contributed by atoms with Crippen molar-refractivity contribution in [3.8, 4) is 0 Å². The Labute approximate surface area is 75.3 Å². The number of hydrogen-bond donors (Lipinski definition) is 0. The van der Waals surface area contributed by atoms with Crippen molar-refractivity contribution >= 4 is 10.1 Å². The van der Waals surface area contributed by atoms with Crippen LogP contribution in [-0.2, 0) is 14.3 Å². The lowest BCUT2D eigenvalue weighted by molar-refractivity contribution is -0.0118. The summed E-state index contributed by atoms with van der Waals surface area (Å²) >= 11 is 0. The Hall–Kier alpha value is -1.15. The minimum atomic E-state index is -3.46. The van der Waals surface area contributed by atoms with Gasteiger partial charge in [0.15, 0.2) is 0 Å². The van der Waals surface area contributed by atoms with Gasteiger partial charge in [0, 0.05) is 0 Å². The predicted octanol–water partition coefficient (Wildman–Crippen LogP) is -0.970. The molecule has 0 saturated heterocycles. The van der Waals surface area contributed by atoms with Crippen LogP contribution in [0.4, 0.5) is 0 Å². The molecule has 0 spiro atoms. The summed E-state index contributed by atoms with van der Waals surface area (Å²) in [7, 11) is -3.46. The van der Waals surface area contributed by atoms with E-state index in [1.807, 2.05) is 0 Å². The van der Waals surface area contributed by atoms with Gasteiger partial charge in [-0.25, -0.2) is 4.18 Å². The Kier molecular flexibility index (Phi) is 3.20. The molecule has 74 valence electrons. The van der Waals surface area contributed by atoms with Crippen molar-refractivity contribution in [2.45, 2.75) is 6.92 Å². The van der Waals surface area contributed by atoms with E-state index in [0.717, 1.165) is 4.85 Å². The fraction of sp³-hybridized carbons (Fsp3) is 0.600. The van der Waals surface area contributed by atoms with Crippen molar-refractivity contribution < 1.29 is 17.4 Å². The molecule has 1 heterocycles. The average molecular weight is 207 g/mol. The molecule has 0 unspecified atom stereocenters. The molecule has 1 rings (SSSR count). The van der Waals surface area contributed by atoms with Crippen LogP contribution in [0.15, 0.2) is 12.4 Å². The van der Waals surface area contributed by atoms with Crippen molar-refractivity contribution in [3.05, 3.63) is 12.4 Å². The van der Waals surface area contributed by atoms with Crippen LogP contribution in [0.5, 0.6) is 0 Å². The van der Waals surface area contributed by atoms with Crippen molar-refractivity contribution in [2.24, 2.45) is 0 Å². The maximum absolute atomic E-state index is 10.8. The van der Waals surface area contributed by atoms with Gasteiger partial charge < -0.3 is 4.84 Å². The van der Waals surface area contributed by atoms with Gasteiger partial charge in [0.2, 0.25) is 6.79 Å². The quantitative estimate of drug-likeness (QED) is 0.456. The molecule has 0 N–H and O–H groups in total. The molecule has 0 aliphatic rings. The first-order chi connectivity index (χ1) is 6.14. The fourth-order valence-electron chi connectivity index (χ4n) is 0.498. The molecule has 0 radical (unpaired) electrons. The first-order valence-corrected chi connectivity index (χ1v) is 5.08. The first-order valence-electron chi connectivity index (χ1n) is 3.51. The molecule has 1 aromatic rings. The average Bonchev–Trinajstić information content (AvgIpc) is 2.57. The lowest BCUT2D eigenvalue weighted by Gasteiger charge is -2.03. The lowest BCUT2D eigenvalue weighted by Crippen LogP contribution is -2.19. The Bertz CT molecular complexity index is 333. The highest BCUT2D eigenvalue weighted by atomic mass is 32.2. The van der Waals surface area contributed by atoms with Crippen molar-refractivity contribution in [1.29, 1.82) is 0 Å². The van der Waals surface area contributed by atoms with Gasteiger partial charge in [-0.15, -0.1) is 5.10 Å². The standard InChI is InChI=1S/C5H9N3O4S/c1-2-13(9,10)12-5-11-8-4-3-6-7-8/h3-4H,2,5H2,1H3. The summed E-state index contributed by atoms with van der Waals surface area (Å²) in [5.41, 5.74) is 0. The largest absolute Gasteiger partial charge is 0.365 e. The monoisotopic (exact) mass is 207 g/mol. The second kappa shape index (κ2) is 4.19. The SMILES string of the molecule is CCS(=O)(=O)OCOn1ccnn1. The van der Waals surface area contributed by atoms with Gasteiger partial charge in [-0.05, 0) is 12.1 Å². The summed E-state index contributed by atoms with van der Waals surface area (Å²) < 4.78 is 26.0. The molecule has 7 nitrogen and oxygen atoms in total. The van der Waals surface area contributed by atoms with Gasteiger partial charge in [-0.3, -0.25) is 0 Å². The van der Waals surface area contributed by atoms with E-state index in [0.29, 0.717) is 0 Å². The normalized spacial score (nSPS) is 11.5. The molecule has 0 aromatic carbocycles. The summed E-state index contributed by atoms with van der Waals surface area (Å²) in [5, 5.41) is 6.87. The molecule has 0 aliphatic carbocycles. The predicted molar refractivity (Wildman–Crippen MR) is 42.0 cm³/mol. The van der Waals surface area contributed by atoms with E-state index in [-0.39, 0.29) is 5.75 Å². The maximum atomic E-state index is 10.8. The smallest absolute Gasteiger partial charge is 0.270 e. The molecule has 0 aliphatic heterocycles. The van der Waals surface area contributed by atoms with E-state index in [1.54, 1.807) is 0 Å². The van der Waals surface area contributed by atoms with Crippen molar-refractivity contribution in [2.75, 3.05) is 12.5 Å². The van der Waals surface area contributed by atoms with E-state index in [2.05, 4.69) is 14.5 Å². The number of hydrogen-bond acceptors (Lipinski definition) is 6. The van der Waals surface area contributed by atoms with Crippen molar-refractivity contribution in [1.82, 2.24) is 15.2 Å². The molecule has 1 aromatic heterocycles. The number of rotatable bonds is 5. The van der Waals surface area contributed by atoms with E-state index in [1.165, 1.54) is 19.3 Å². The molecule has 8 heteroatoms. The van der Waals surface area contributed by atoms with Gasteiger partial charge in [0.25, 0.3) is 10.1 Å². The molecular formula is C5H9N3O4S. The van der Waals surface area contributed by atoms with E-state index in [4.69, 9.17) is 4.84 Å². The molecule has 0 saturated carbocycles. The third kappa shape index (κ3) is 3.38. The maximum Gasteiger partial charge on any atom is 0.270 e. The van der Waals surface area contributed by atoms with Crippen LogP contribution in [0, 0.1) is 0 Å². The van der Waals surface area contributed by atoms with Crippen LogP contribution >= 0.6 is 0 Å². The topological polar surface area (TPSA) is 83.3 Å². The molecule has 0 fully saturated rings. The summed E-state index contributed by atoms with van der Waals surface area (Å²) in [5.74, 6) is -0.0896. The minimum Gasteiger partial charge on any atom is -0.365 e. The zero-order valence-corrected chi connectivity index (χ0v) is 7.77. The van der Waals surface area contributed by atoms with Gasteiger partial charge >= 0.3 is 0 Å². The van der Waals surface area contributed by atoms with Gasteiger partial charge in [-0.1, -0.05) is 4.85 Å². The van der Waals surface area contributed by atoms with E-state index < -0.39 is 16.9 Å². The summed E-state index contributed by atoms with van der Waals surface area (Å²) in [6.45, 7) is 1.07. The van der Waals surface area contributed by atoms with Crippen LogP contribution in [0.1, 0.15) is 6.92 Å². The summed E-state index contributed by atoms with van der Waals surface area (Å²) in [4.78, 5) is 5.73. The molecule has 0 atom stereocenters. The van der Waals surface area contributed by atoms with Gasteiger partial charge in [-0.2, -0.15) is 8.42 Å². The van der Waals surface area contributed by atoms with Crippen LogP contribution in [0.3, 0.4) is 0 Å².